The number of nitrogens with zero attached hydrogens (tertiary/aromatic N) is 1. The summed E-state index contributed by atoms with van der Waals surface area (Å²) in [4.78, 5) is 3.08. The van der Waals surface area contributed by atoms with Gasteiger partial charge in [-0.3, -0.25) is 4.57 Å². The number of rotatable bonds is 2. The summed E-state index contributed by atoms with van der Waals surface area (Å²) in [7, 11) is 0. The molecule has 0 aliphatic heterocycles. The van der Waals surface area contributed by atoms with E-state index in [4.69, 9.17) is 23.8 Å². The van der Waals surface area contributed by atoms with Crippen molar-refractivity contribution in [2.24, 2.45) is 0 Å². The number of H-pyrrole nitrogens is 1. The molecule has 0 bridgehead atoms. The number of nitrogens with one attached hydrogen (secondary N) is 1. The van der Waals surface area contributed by atoms with Gasteiger partial charge in [-0.05, 0) is 42.8 Å². The van der Waals surface area contributed by atoms with Gasteiger partial charge in [-0.15, -0.1) is 0 Å². The Balaban J connectivity index is 2.68. The Bertz CT molecular complexity index is 596. The first-order valence-electron chi connectivity index (χ1n) is 5.57. The highest BCUT2D eigenvalue weighted by atomic mass is 35.5. The van der Waals surface area contributed by atoms with Gasteiger partial charge in [-0.25, -0.2) is 0 Å². The van der Waals surface area contributed by atoms with E-state index in [0.717, 1.165) is 22.0 Å². The first kappa shape index (κ1) is 12.4. The van der Waals surface area contributed by atoms with Crippen LogP contribution in [-0.4, -0.2) is 9.55 Å². The standard InChI is InChI=1S/C13H15ClN2S/c1-8(2)12-7-15-13(17)16(12)11-5-4-9(3)6-10(11)14/h4-8H,1-3H3,(H,15,17). The van der Waals surface area contributed by atoms with E-state index in [9.17, 15) is 0 Å². The molecule has 2 rings (SSSR count). The van der Waals surface area contributed by atoms with Crippen molar-refractivity contribution in [3.05, 3.63) is 45.4 Å². The number of halogens is 1. The van der Waals surface area contributed by atoms with Crippen LogP contribution in [0.1, 0.15) is 31.0 Å². The highest BCUT2D eigenvalue weighted by molar-refractivity contribution is 7.71. The van der Waals surface area contributed by atoms with Gasteiger partial charge in [0.25, 0.3) is 0 Å². The van der Waals surface area contributed by atoms with Gasteiger partial charge in [0.2, 0.25) is 0 Å². The fourth-order valence-corrected chi connectivity index (χ4v) is 2.43. The fraction of sp³-hybridized carbons (Fsp3) is 0.308. The van der Waals surface area contributed by atoms with Crippen molar-refractivity contribution in [1.82, 2.24) is 9.55 Å². The van der Waals surface area contributed by atoms with Crippen molar-refractivity contribution in [2.75, 3.05) is 0 Å². The lowest BCUT2D eigenvalue weighted by molar-refractivity contribution is 0.783. The second-order valence-electron chi connectivity index (χ2n) is 4.46. The molecule has 0 spiro atoms. The van der Waals surface area contributed by atoms with Crippen LogP contribution < -0.4 is 0 Å². The van der Waals surface area contributed by atoms with E-state index in [0.29, 0.717) is 10.7 Å². The van der Waals surface area contributed by atoms with Crippen LogP contribution >= 0.6 is 23.8 Å². The van der Waals surface area contributed by atoms with E-state index in [1.54, 1.807) is 0 Å². The fourth-order valence-electron chi connectivity index (χ4n) is 1.85. The lowest BCUT2D eigenvalue weighted by atomic mass is 10.1. The van der Waals surface area contributed by atoms with Gasteiger partial charge in [0.05, 0.1) is 10.7 Å². The van der Waals surface area contributed by atoms with E-state index < -0.39 is 0 Å². The Morgan fingerprint density at radius 2 is 2.06 bits per heavy atom. The van der Waals surface area contributed by atoms with E-state index in [2.05, 4.69) is 18.8 Å². The molecule has 0 atom stereocenters. The Kier molecular flexibility index (Phi) is 3.40. The topological polar surface area (TPSA) is 20.7 Å². The summed E-state index contributed by atoms with van der Waals surface area (Å²) in [6, 6.07) is 6.00. The normalized spacial score (nSPS) is 11.1. The third-order valence-corrected chi connectivity index (χ3v) is 3.34. The molecular formula is C13H15ClN2S. The molecule has 0 amide bonds. The summed E-state index contributed by atoms with van der Waals surface area (Å²) in [6.45, 7) is 6.29. The summed E-state index contributed by atoms with van der Waals surface area (Å²) in [6.07, 6.45) is 1.95. The second-order valence-corrected chi connectivity index (χ2v) is 5.26. The van der Waals surface area contributed by atoms with E-state index in [1.165, 1.54) is 0 Å². The van der Waals surface area contributed by atoms with Crippen molar-refractivity contribution >= 4 is 23.8 Å². The monoisotopic (exact) mass is 266 g/mol. The Morgan fingerprint density at radius 1 is 1.35 bits per heavy atom. The van der Waals surface area contributed by atoms with Gasteiger partial charge in [0.1, 0.15) is 0 Å². The molecule has 0 unspecified atom stereocenters. The van der Waals surface area contributed by atoms with Crippen molar-refractivity contribution in [2.45, 2.75) is 26.7 Å². The molecular weight excluding hydrogens is 252 g/mol. The van der Waals surface area contributed by atoms with E-state index in [1.807, 2.05) is 35.9 Å². The zero-order valence-corrected chi connectivity index (χ0v) is 11.7. The first-order valence-corrected chi connectivity index (χ1v) is 6.36. The van der Waals surface area contributed by atoms with Gasteiger partial charge in [-0.1, -0.05) is 31.5 Å². The molecule has 90 valence electrons. The maximum Gasteiger partial charge on any atom is 0.182 e. The minimum absolute atomic E-state index is 0.389. The van der Waals surface area contributed by atoms with Crippen LogP contribution in [0.15, 0.2) is 24.4 Å². The van der Waals surface area contributed by atoms with E-state index in [-0.39, 0.29) is 0 Å². The highest BCUT2D eigenvalue weighted by Gasteiger charge is 2.12. The van der Waals surface area contributed by atoms with Gasteiger partial charge in [0, 0.05) is 11.9 Å². The molecule has 1 heterocycles. The van der Waals surface area contributed by atoms with Crippen LogP contribution in [0.5, 0.6) is 0 Å². The molecule has 17 heavy (non-hydrogen) atoms. The number of benzene rings is 1. The van der Waals surface area contributed by atoms with Crippen LogP contribution in [0.25, 0.3) is 5.69 Å². The largest absolute Gasteiger partial charge is 0.337 e. The predicted octanol–water partition coefficient (Wildman–Crippen LogP) is 4.62. The molecule has 1 aromatic carbocycles. The van der Waals surface area contributed by atoms with Crippen molar-refractivity contribution in [3.63, 3.8) is 0 Å². The summed E-state index contributed by atoms with van der Waals surface area (Å²) in [5.41, 5.74) is 3.22. The molecule has 2 aromatic rings. The number of aromatic nitrogens is 2. The molecule has 1 N–H and O–H groups in total. The third kappa shape index (κ3) is 2.31. The van der Waals surface area contributed by atoms with Crippen LogP contribution in [0.2, 0.25) is 5.02 Å². The molecule has 0 saturated carbocycles. The molecule has 0 radical (unpaired) electrons. The first-order chi connectivity index (χ1) is 8.00. The Hall–Kier alpha value is -1.06. The Labute approximate surface area is 111 Å². The minimum Gasteiger partial charge on any atom is -0.337 e. The number of imidazole rings is 1. The van der Waals surface area contributed by atoms with Gasteiger partial charge >= 0.3 is 0 Å². The lowest BCUT2D eigenvalue weighted by Crippen LogP contribution is -2.02. The number of hydrogen-bond donors (Lipinski definition) is 1. The van der Waals surface area contributed by atoms with Gasteiger partial charge in [-0.2, -0.15) is 0 Å². The molecule has 4 heteroatoms. The molecule has 0 aliphatic rings. The maximum absolute atomic E-state index is 6.29. The van der Waals surface area contributed by atoms with Crippen LogP contribution in [0.3, 0.4) is 0 Å². The van der Waals surface area contributed by atoms with Crippen molar-refractivity contribution < 1.29 is 0 Å². The minimum atomic E-state index is 0.389. The summed E-state index contributed by atoms with van der Waals surface area (Å²) < 4.78 is 2.68. The molecule has 2 nitrogen and oxygen atoms in total. The molecule has 0 saturated heterocycles. The zero-order valence-electron chi connectivity index (χ0n) is 10.1. The molecule has 1 aromatic heterocycles. The summed E-state index contributed by atoms with van der Waals surface area (Å²) in [5, 5.41) is 0.725. The van der Waals surface area contributed by atoms with Crippen molar-refractivity contribution in [3.8, 4) is 5.69 Å². The second kappa shape index (κ2) is 4.67. The smallest absolute Gasteiger partial charge is 0.182 e. The van der Waals surface area contributed by atoms with Crippen LogP contribution in [-0.2, 0) is 0 Å². The number of aryl methyl sites for hydroxylation is 1. The van der Waals surface area contributed by atoms with E-state index >= 15 is 0 Å². The lowest BCUT2D eigenvalue weighted by Gasteiger charge is -2.12. The Morgan fingerprint density at radius 3 is 2.65 bits per heavy atom. The number of hydrogen-bond acceptors (Lipinski definition) is 1. The molecule has 0 fully saturated rings. The zero-order chi connectivity index (χ0) is 12.6. The quantitative estimate of drug-likeness (QED) is 0.787. The highest BCUT2D eigenvalue weighted by Crippen LogP contribution is 2.26. The molecule has 0 aliphatic carbocycles. The summed E-state index contributed by atoms with van der Waals surface area (Å²) in [5.74, 6) is 0.389. The van der Waals surface area contributed by atoms with Crippen LogP contribution in [0.4, 0.5) is 0 Å². The van der Waals surface area contributed by atoms with Gasteiger partial charge < -0.3 is 4.98 Å². The van der Waals surface area contributed by atoms with Crippen LogP contribution in [0, 0.1) is 11.7 Å². The average Bonchev–Trinajstić information content (AvgIpc) is 2.60. The number of aromatic amines is 1. The SMILES string of the molecule is Cc1ccc(-n2c(C(C)C)c[nH]c2=S)c(Cl)c1. The van der Waals surface area contributed by atoms with Gasteiger partial charge in [0.15, 0.2) is 4.77 Å². The van der Waals surface area contributed by atoms with Crippen molar-refractivity contribution in [1.29, 1.82) is 0 Å². The average molecular weight is 267 g/mol. The maximum atomic E-state index is 6.29. The third-order valence-electron chi connectivity index (χ3n) is 2.74. The predicted molar refractivity (Wildman–Crippen MR) is 74.8 cm³/mol. The summed E-state index contributed by atoms with van der Waals surface area (Å²) >= 11 is 11.6.